The average molecular weight is 487 g/mol. The zero-order valence-electron chi connectivity index (χ0n) is 16.3. The van der Waals surface area contributed by atoms with Crippen LogP contribution >= 0.6 is 0 Å². The first-order valence-electron chi connectivity index (χ1n) is 6.48. The molecule has 0 spiro atoms. The molecular formula is C14H36Mn2N6Y+. The second-order valence-electron chi connectivity index (χ2n) is 5.98. The van der Waals surface area contributed by atoms with Crippen molar-refractivity contribution < 1.29 is 66.8 Å². The van der Waals surface area contributed by atoms with Crippen LogP contribution in [0.5, 0.6) is 0 Å². The monoisotopic (exact) mass is 487 g/mol. The van der Waals surface area contributed by atoms with Gasteiger partial charge < -0.3 is 14.9 Å². The van der Waals surface area contributed by atoms with Gasteiger partial charge in [0, 0.05) is 49.8 Å². The summed E-state index contributed by atoms with van der Waals surface area (Å²) in [5, 5.41) is 0. The maximum Gasteiger partial charge on any atom is 3.00 e. The van der Waals surface area contributed by atoms with Crippen molar-refractivity contribution in [1.82, 2.24) is 29.4 Å². The maximum atomic E-state index is 2.28. The van der Waals surface area contributed by atoms with Gasteiger partial charge in [-0.3, -0.25) is 29.4 Å². The summed E-state index contributed by atoms with van der Waals surface area (Å²) in [6.45, 7) is 6.53. The van der Waals surface area contributed by atoms with E-state index in [-0.39, 0.29) is 81.7 Å². The predicted octanol–water partition coefficient (Wildman–Crippen LogP) is 0.229. The molecule has 2 fully saturated rings. The van der Waals surface area contributed by atoms with Crippen molar-refractivity contribution in [2.24, 2.45) is 0 Å². The first-order chi connectivity index (χ1) is 8.36. The minimum absolute atomic E-state index is 0. The summed E-state index contributed by atoms with van der Waals surface area (Å²) in [5.74, 6) is 0. The molecule has 0 bridgehead atoms. The van der Waals surface area contributed by atoms with E-state index in [2.05, 4.69) is 71.7 Å². The van der Waals surface area contributed by atoms with Gasteiger partial charge in [0.1, 0.15) is 0 Å². The van der Waals surface area contributed by atoms with E-state index in [4.69, 9.17) is 0 Å². The smallest absolute Gasteiger partial charge is 0.358 e. The molecular weight excluding hydrogens is 451 g/mol. The van der Waals surface area contributed by atoms with Crippen LogP contribution in [0, 0.1) is 14.9 Å². The van der Waals surface area contributed by atoms with E-state index in [0.717, 1.165) is 40.0 Å². The molecule has 0 aliphatic carbocycles. The molecule has 0 aromatic carbocycles. The van der Waals surface area contributed by atoms with Gasteiger partial charge in [-0.25, -0.2) is 0 Å². The van der Waals surface area contributed by atoms with E-state index in [0.29, 0.717) is 0 Å². The Bertz CT molecular complexity index is 179. The molecule has 138 valence electrons. The minimum Gasteiger partial charge on any atom is -0.358 e. The Morgan fingerprint density at radius 2 is 0.522 bits per heavy atom. The van der Waals surface area contributed by atoms with Crippen LogP contribution in [0.1, 0.15) is 0 Å². The van der Waals surface area contributed by atoms with Crippen LogP contribution in [-0.4, -0.2) is 112 Å². The van der Waals surface area contributed by atoms with Gasteiger partial charge in [0.05, 0.1) is 40.0 Å². The summed E-state index contributed by atoms with van der Waals surface area (Å²) in [5.41, 5.74) is 0. The number of nitrogens with zero attached hydrogens (tertiary/aromatic N) is 6. The van der Waals surface area contributed by atoms with Crippen LogP contribution in [0.4, 0.5) is 0 Å². The Hall–Kier alpha value is 1.90. The molecule has 2 radical (unpaired) electrons. The van der Waals surface area contributed by atoms with Gasteiger partial charge in [0.15, 0.2) is 0 Å². The molecule has 0 unspecified atom stereocenters. The third-order valence-corrected chi connectivity index (χ3v) is 2.90. The molecule has 6 nitrogen and oxygen atoms in total. The van der Waals surface area contributed by atoms with Crippen LogP contribution in [0.25, 0.3) is 0 Å². The predicted molar refractivity (Wildman–Crippen MR) is 88.6 cm³/mol. The van der Waals surface area contributed by atoms with E-state index in [9.17, 15) is 0 Å². The van der Waals surface area contributed by atoms with E-state index in [1.54, 1.807) is 0 Å². The summed E-state index contributed by atoms with van der Waals surface area (Å²) in [6, 6.07) is 0. The third kappa shape index (κ3) is 17.1. The first kappa shape index (κ1) is 35.9. The quantitative estimate of drug-likeness (QED) is 0.358. The summed E-state index contributed by atoms with van der Waals surface area (Å²) < 4.78 is 0. The summed E-state index contributed by atoms with van der Waals surface area (Å²) in [6.07, 6.45) is 0. The fourth-order valence-corrected chi connectivity index (χ4v) is 2.74. The SMILES string of the molecule is CN1CN(C)CN(C)C1.CN1CN(C)CN(C)C1.[CH3-].[CH3-].[Mn+3].[Mn].[Y]. The zero-order chi connectivity index (χ0) is 13.7. The molecule has 23 heavy (non-hydrogen) atoms. The third-order valence-electron chi connectivity index (χ3n) is 2.90. The first-order valence-corrected chi connectivity index (χ1v) is 6.48. The van der Waals surface area contributed by atoms with Crippen molar-refractivity contribution >= 4 is 0 Å². The Morgan fingerprint density at radius 1 is 0.435 bits per heavy atom. The van der Waals surface area contributed by atoms with E-state index in [1.165, 1.54) is 0 Å². The van der Waals surface area contributed by atoms with Gasteiger partial charge in [-0.05, 0) is 42.3 Å². The van der Waals surface area contributed by atoms with Crippen molar-refractivity contribution in [3.63, 3.8) is 0 Å². The standard InChI is InChI=1S/2C6H15N3.2CH3.2Mn.Y/c2*1-7-4-8(2)6-9(3)5-7;;;;;/h2*4-6H2,1-3H3;2*1H3;;;/q;;2*-1;;+3;. The largest absolute Gasteiger partial charge is 3.00 e. The van der Waals surface area contributed by atoms with Crippen molar-refractivity contribution in [3.05, 3.63) is 14.9 Å². The molecule has 2 aliphatic rings. The van der Waals surface area contributed by atoms with Crippen molar-refractivity contribution in [1.29, 1.82) is 0 Å². The van der Waals surface area contributed by atoms with Crippen molar-refractivity contribution in [3.8, 4) is 0 Å². The number of rotatable bonds is 0. The van der Waals surface area contributed by atoms with Gasteiger partial charge in [-0.15, -0.1) is 0 Å². The summed E-state index contributed by atoms with van der Waals surface area (Å²) in [7, 11) is 12.8. The molecule has 0 aromatic rings. The Kier molecular flexibility index (Phi) is 29.2. The zero-order valence-corrected chi connectivity index (χ0v) is 21.5. The molecule has 2 rings (SSSR count). The summed E-state index contributed by atoms with van der Waals surface area (Å²) in [4.78, 5) is 13.7. The Labute approximate surface area is 192 Å². The van der Waals surface area contributed by atoms with Crippen molar-refractivity contribution in [2.75, 3.05) is 82.3 Å². The Balaban J connectivity index is -0.0000000771. The van der Waals surface area contributed by atoms with Crippen LogP contribution in [0.2, 0.25) is 0 Å². The summed E-state index contributed by atoms with van der Waals surface area (Å²) >= 11 is 0. The van der Waals surface area contributed by atoms with Gasteiger partial charge in [-0.2, -0.15) is 0 Å². The van der Waals surface area contributed by atoms with Gasteiger partial charge in [-0.1, -0.05) is 0 Å². The molecule has 2 heterocycles. The second kappa shape index (κ2) is 18.7. The average Bonchev–Trinajstić information content (AvgIpc) is 2.12. The Morgan fingerprint density at radius 3 is 0.609 bits per heavy atom. The van der Waals surface area contributed by atoms with Crippen LogP contribution in [0.15, 0.2) is 0 Å². The molecule has 0 N–H and O–H groups in total. The van der Waals surface area contributed by atoms with Crippen LogP contribution in [-0.2, 0) is 66.8 Å². The van der Waals surface area contributed by atoms with Gasteiger partial charge in [0.25, 0.3) is 0 Å². The molecule has 0 amide bonds. The van der Waals surface area contributed by atoms with Gasteiger partial charge in [0.2, 0.25) is 0 Å². The molecule has 2 aliphatic heterocycles. The number of hydrogen-bond acceptors (Lipinski definition) is 6. The maximum absolute atomic E-state index is 2.28. The molecule has 0 atom stereocenters. The topological polar surface area (TPSA) is 19.4 Å². The van der Waals surface area contributed by atoms with E-state index >= 15 is 0 Å². The van der Waals surface area contributed by atoms with Crippen LogP contribution < -0.4 is 0 Å². The van der Waals surface area contributed by atoms with E-state index < -0.39 is 0 Å². The van der Waals surface area contributed by atoms with Gasteiger partial charge >= 0.3 is 17.1 Å². The molecule has 0 saturated carbocycles. The molecule has 9 heteroatoms. The second-order valence-corrected chi connectivity index (χ2v) is 5.98. The van der Waals surface area contributed by atoms with Crippen molar-refractivity contribution in [2.45, 2.75) is 0 Å². The molecule has 0 aromatic heterocycles. The van der Waals surface area contributed by atoms with E-state index in [1.807, 2.05) is 0 Å². The fraction of sp³-hybridized carbons (Fsp3) is 0.857. The minimum atomic E-state index is 0. The normalized spacial score (nSPS) is 21.1. The molecule has 2 saturated heterocycles. The fourth-order valence-electron chi connectivity index (χ4n) is 2.74. The van der Waals surface area contributed by atoms with Crippen LogP contribution in [0.3, 0.4) is 0 Å². The number of hydrogen-bond donors (Lipinski definition) is 0.